The molecule has 1 aromatic carbocycles. The van der Waals surface area contributed by atoms with E-state index in [1.54, 1.807) is 12.0 Å². The highest BCUT2D eigenvalue weighted by Gasteiger charge is 2.26. The number of rotatable bonds is 3. The Hall–Kier alpha value is -1.85. The molecule has 0 atom stereocenters. The molecule has 0 aliphatic carbocycles. The number of hydrogen-bond donors (Lipinski definition) is 0. The van der Waals surface area contributed by atoms with Crippen LogP contribution >= 0.6 is 0 Å². The lowest BCUT2D eigenvalue weighted by Crippen LogP contribution is -2.40. The van der Waals surface area contributed by atoms with Gasteiger partial charge >= 0.3 is 0 Å². The fraction of sp³-hybridized carbons (Fsp3) is 0.400. The molecule has 20 heavy (non-hydrogen) atoms. The summed E-state index contributed by atoms with van der Waals surface area (Å²) >= 11 is 0. The van der Waals surface area contributed by atoms with Crippen molar-refractivity contribution in [3.8, 4) is 0 Å². The van der Waals surface area contributed by atoms with E-state index in [1.807, 2.05) is 24.3 Å². The largest absolute Gasteiger partial charge is 0.451 e. The van der Waals surface area contributed by atoms with Crippen molar-refractivity contribution in [1.29, 1.82) is 0 Å². The normalized spacial score (nSPS) is 15.8. The fourth-order valence-corrected chi connectivity index (χ4v) is 2.47. The van der Waals surface area contributed by atoms with Crippen molar-refractivity contribution in [1.82, 2.24) is 4.90 Å². The highest BCUT2D eigenvalue weighted by molar-refractivity contribution is 5.99. The van der Waals surface area contributed by atoms with E-state index >= 15 is 0 Å². The minimum Gasteiger partial charge on any atom is -0.451 e. The number of hydrogen-bond acceptors (Lipinski definition) is 4. The third kappa shape index (κ3) is 2.30. The summed E-state index contributed by atoms with van der Waals surface area (Å²) in [5.41, 5.74) is 1.54. The summed E-state index contributed by atoms with van der Waals surface area (Å²) in [7, 11) is 1.62. The van der Waals surface area contributed by atoms with Crippen molar-refractivity contribution < 1.29 is 18.7 Å². The van der Waals surface area contributed by atoms with Crippen molar-refractivity contribution >= 4 is 16.9 Å². The highest BCUT2D eigenvalue weighted by Crippen LogP contribution is 2.27. The smallest absolute Gasteiger partial charge is 0.290 e. The maximum atomic E-state index is 12.6. The number of fused-ring (bicyclic) bond motifs is 1. The number of methoxy groups -OCH3 is 1. The monoisotopic (exact) mass is 275 g/mol. The molecular formula is C15H17NO4. The molecule has 106 valence electrons. The van der Waals surface area contributed by atoms with E-state index in [-0.39, 0.29) is 5.91 Å². The van der Waals surface area contributed by atoms with E-state index < -0.39 is 0 Å². The summed E-state index contributed by atoms with van der Waals surface area (Å²) in [4.78, 5) is 14.4. The standard InChI is InChI=1S/C15H17NO4/c1-18-10-12-11-4-2-3-5-13(11)20-14(12)15(17)16-6-8-19-9-7-16/h2-5H,6-10H2,1H3. The molecule has 0 saturated carbocycles. The van der Waals surface area contributed by atoms with Crippen LogP contribution in [0.3, 0.4) is 0 Å². The average Bonchev–Trinajstić information content (AvgIpc) is 2.87. The number of furan rings is 1. The molecule has 1 aliphatic heterocycles. The summed E-state index contributed by atoms with van der Waals surface area (Å²) in [6.07, 6.45) is 0. The summed E-state index contributed by atoms with van der Waals surface area (Å²) < 4.78 is 16.2. The van der Waals surface area contributed by atoms with Crippen LogP contribution < -0.4 is 0 Å². The third-order valence-corrected chi connectivity index (χ3v) is 3.48. The Morgan fingerprint density at radius 3 is 2.80 bits per heavy atom. The summed E-state index contributed by atoms with van der Waals surface area (Å²) in [6.45, 7) is 2.71. The first-order valence-corrected chi connectivity index (χ1v) is 6.67. The van der Waals surface area contributed by atoms with Gasteiger partial charge in [-0.05, 0) is 6.07 Å². The predicted molar refractivity (Wildman–Crippen MR) is 73.6 cm³/mol. The van der Waals surface area contributed by atoms with Crippen LogP contribution in [0.5, 0.6) is 0 Å². The zero-order valence-corrected chi connectivity index (χ0v) is 11.4. The topological polar surface area (TPSA) is 51.9 Å². The number of amides is 1. The van der Waals surface area contributed by atoms with Crippen LogP contribution in [0.2, 0.25) is 0 Å². The van der Waals surface area contributed by atoms with Gasteiger partial charge in [0, 0.05) is 31.1 Å². The highest BCUT2D eigenvalue weighted by atomic mass is 16.5. The van der Waals surface area contributed by atoms with Gasteiger partial charge < -0.3 is 18.8 Å². The van der Waals surface area contributed by atoms with Gasteiger partial charge in [0.2, 0.25) is 0 Å². The van der Waals surface area contributed by atoms with Gasteiger partial charge in [-0.15, -0.1) is 0 Å². The van der Waals surface area contributed by atoms with Crippen LogP contribution in [0, 0.1) is 0 Å². The molecule has 0 spiro atoms. The van der Waals surface area contributed by atoms with E-state index in [0.29, 0.717) is 38.7 Å². The van der Waals surface area contributed by atoms with Crippen LogP contribution in [0.1, 0.15) is 16.1 Å². The fourth-order valence-electron chi connectivity index (χ4n) is 2.47. The predicted octanol–water partition coefficient (Wildman–Crippen LogP) is 2.05. The first-order chi connectivity index (χ1) is 9.81. The van der Waals surface area contributed by atoms with Crippen LogP contribution in [-0.2, 0) is 16.1 Å². The van der Waals surface area contributed by atoms with Crippen LogP contribution in [0.4, 0.5) is 0 Å². The van der Waals surface area contributed by atoms with Crippen LogP contribution in [0.25, 0.3) is 11.0 Å². The molecule has 5 nitrogen and oxygen atoms in total. The van der Waals surface area contributed by atoms with E-state index in [1.165, 1.54) is 0 Å². The van der Waals surface area contributed by atoms with Crippen LogP contribution in [-0.4, -0.2) is 44.2 Å². The van der Waals surface area contributed by atoms with Crippen molar-refractivity contribution in [3.05, 3.63) is 35.6 Å². The Morgan fingerprint density at radius 1 is 1.30 bits per heavy atom. The van der Waals surface area contributed by atoms with Gasteiger partial charge in [0.15, 0.2) is 5.76 Å². The van der Waals surface area contributed by atoms with Crippen molar-refractivity contribution in [2.75, 3.05) is 33.4 Å². The zero-order chi connectivity index (χ0) is 13.9. The molecule has 0 unspecified atom stereocenters. The first kappa shape index (κ1) is 13.1. The molecule has 0 radical (unpaired) electrons. The zero-order valence-electron chi connectivity index (χ0n) is 11.4. The third-order valence-electron chi connectivity index (χ3n) is 3.48. The lowest BCUT2D eigenvalue weighted by molar-refractivity contribution is 0.0281. The van der Waals surface area contributed by atoms with Gasteiger partial charge in [0.25, 0.3) is 5.91 Å². The Morgan fingerprint density at radius 2 is 2.05 bits per heavy atom. The van der Waals surface area contributed by atoms with Crippen LogP contribution in [0.15, 0.2) is 28.7 Å². The van der Waals surface area contributed by atoms with Gasteiger partial charge in [-0.1, -0.05) is 18.2 Å². The molecule has 3 rings (SSSR count). The second-order valence-corrected chi connectivity index (χ2v) is 4.74. The number of morpholine rings is 1. The van der Waals surface area contributed by atoms with Crippen molar-refractivity contribution in [2.45, 2.75) is 6.61 Å². The molecule has 2 aromatic rings. The van der Waals surface area contributed by atoms with E-state index in [0.717, 1.165) is 16.5 Å². The molecule has 1 aromatic heterocycles. The molecule has 1 amide bonds. The van der Waals surface area contributed by atoms with E-state index in [2.05, 4.69) is 0 Å². The Kier molecular flexibility index (Phi) is 3.71. The maximum absolute atomic E-state index is 12.6. The summed E-state index contributed by atoms with van der Waals surface area (Å²) in [5.74, 6) is 0.298. The van der Waals surface area contributed by atoms with Crippen molar-refractivity contribution in [3.63, 3.8) is 0 Å². The number of ether oxygens (including phenoxy) is 2. The molecule has 1 fully saturated rings. The number of para-hydroxylation sites is 1. The van der Waals surface area contributed by atoms with Gasteiger partial charge in [-0.25, -0.2) is 0 Å². The van der Waals surface area contributed by atoms with Crippen molar-refractivity contribution in [2.24, 2.45) is 0 Å². The quantitative estimate of drug-likeness (QED) is 0.860. The molecule has 1 aliphatic rings. The number of carbonyl (C=O) groups excluding carboxylic acids is 1. The molecule has 5 heteroatoms. The number of carbonyl (C=O) groups is 1. The molecule has 0 bridgehead atoms. The Labute approximate surface area is 117 Å². The lowest BCUT2D eigenvalue weighted by Gasteiger charge is -2.26. The van der Waals surface area contributed by atoms with Gasteiger partial charge in [0.05, 0.1) is 19.8 Å². The summed E-state index contributed by atoms with van der Waals surface area (Å²) in [5, 5.41) is 0.936. The Balaban J connectivity index is 2.00. The minimum absolute atomic E-state index is 0.0865. The molecule has 1 saturated heterocycles. The second-order valence-electron chi connectivity index (χ2n) is 4.74. The number of benzene rings is 1. The molecular weight excluding hydrogens is 258 g/mol. The number of nitrogens with zero attached hydrogens (tertiary/aromatic N) is 1. The average molecular weight is 275 g/mol. The van der Waals surface area contributed by atoms with Gasteiger partial charge in [0.1, 0.15) is 5.58 Å². The molecule has 2 heterocycles. The van der Waals surface area contributed by atoms with Gasteiger partial charge in [-0.3, -0.25) is 4.79 Å². The SMILES string of the molecule is COCc1c(C(=O)N2CCOCC2)oc2ccccc12. The second kappa shape index (κ2) is 5.64. The van der Waals surface area contributed by atoms with E-state index in [9.17, 15) is 4.79 Å². The van der Waals surface area contributed by atoms with E-state index in [4.69, 9.17) is 13.9 Å². The lowest BCUT2D eigenvalue weighted by atomic mass is 10.1. The summed E-state index contributed by atoms with van der Waals surface area (Å²) in [6, 6.07) is 7.64. The first-order valence-electron chi connectivity index (χ1n) is 6.67. The maximum Gasteiger partial charge on any atom is 0.290 e. The van der Waals surface area contributed by atoms with Gasteiger partial charge in [-0.2, -0.15) is 0 Å². The Bertz CT molecular complexity index is 613. The minimum atomic E-state index is -0.0865. The molecule has 0 N–H and O–H groups in total.